The quantitative estimate of drug-likeness (QED) is 0.503. The van der Waals surface area contributed by atoms with Gasteiger partial charge in [-0.25, -0.2) is 0 Å². The number of ether oxygens (including phenoxy) is 1. The summed E-state index contributed by atoms with van der Waals surface area (Å²) in [4.78, 5) is 27.5. The van der Waals surface area contributed by atoms with Gasteiger partial charge in [0.1, 0.15) is 6.42 Å². The molecule has 0 bridgehead atoms. The molecular weight excluding hydrogens is 232 g/mol. The normalized spacial score (nSPS) is 21.8. The molecule has 0 aromatic heterocycles. The standard InChI is InChI=1S/C13H22N2O3/c1-2-18-13(17)9-12(16)10-14-5-7-15(8-6-14)11-3-4-11/h11H,2-10H2,1H3. The van der Waals surface area contributed by atoms with Crippen LogP contribution in [0, 0.1) is 0 Å². The highest BCUT2D eigenvalue weighted by atomic mass is 16.5. The molecular formula is C13H22N2O3. The van der Waals surface area contributed by atoms with Gasteiger partial charge >= 0.3 is 5.97 Å². The minimum absolute atomic E-state index is 0.0340. The summed E-state index contributed by atoms with van der Waals surface area (Å²) in [6.45, 7) is 6.45. The van der Waals surface area contributed by atoms with Crippen LogP contribution in [0.3, 0.4) is 0 Å². The summed E-state index contributed by atoms with van der Waals surface area (Å²) in [6, 6.07) is 0.808. The average Bonchev–Trinajstić information content (AvgIpc) is 3.14. The van der Waals surface area contributed by atoms with Gasteiger partial charge in [0.05, 0.1) is 13.2 Å². The highest BCUT2D eigenvalue weighted by Gasteiger charge is 2.31. The van der Waals surface area contributed by atoms with Crippen LogP contribution in [-0.2, 0) is 14.3 Å². The summed E-state index contributed by atoms with van der Waals surface area (Å²) < 4.78 is 4.77. The first kappa shape index (κ1) is 13.5. The van der Waals surface area contributed by atoms with E-state index in [1.807, 2.05) is 0 Å². The molecule has 0 spiro atoms. The number of rotatable bonds is 6. The second kappa shape index (κ2) is 6.29. The smallest absolute Gasteiger partial charge is 0.313 e. The van der Waals surface area contributed by atoms with Crippen LogP contribution in [0.1, 0.15) is 26.2 Å². The SMILES string of the molecule is CCOC(=O)CC(=O)CN1CCN(C2CC2)CC1. The maximum absolute atomic E-state index is 11.7. The number of piperazine rings is 1. The van der Waals surface area contributed by atoms with E-state index in [4.69, 9.17) is 4.74 Å². The van der Waals surface area contributed by atoms with Crippen molar-refractivity contribution in [3.8, 4) is 0 Å². The van der Waals surface area contributed by atoms with Crippen molar-refractivity contribution >= 4 is 11.8 Å². The number of esters is 1. The summed E-state index contributed by atoms with van der Waals surface area (Å²) >= 11 is 0. The van der Waals surface area contributed by atoms with E-state index in [1.165, 1.54) is 12.8 Å². The van der Waals surface area contributed by atoms with Crippen LogP contribution < -0.4 is 0 Å². The fourth-order valence-electron chi connectivity index (χ4n) is 2.40. The Balaban J connectivity index is 1.64. The van der Waals surface area contributed by atoms with Crippen LogP contribution in [0.5, 0.6) is 0 Å². The Kier molecular flexibility index (Phi) is 4.72. The summed E-state index contributed by atoms with van der Waals surface area (Å²) in [6.07, 6.45) is 2.58. The van der Waals surface area contributed by atoms with Gasteiger partial charge in [0, 0.05) is 32.2 Å². The molecule has 0 aromatic carbocycles. The van der Waals surface area contributed by atoms with Crippen molar-refractivity contribution in [3.05, 3.63) is 0 Å². The predicted octanol–water partition coefficient (Wildman–Crippen LogP) is 0.289. The largest absolute Gasteiger partial charge is 0.466 e. The van der Waals surface area contributed by atoms with Crippen LogP contribution in [0.4, 0.5) is 0 Å². The number of carbonyl (C=O) groups is 2. The molecule has 102 valence electrons. The molecule has 1 saturated heterocycles. The van der Waals surface area contributed by atoms with E-state index in [2.05, 4.69) is 9.80 Å². The molecule has 5 heteroatoms. The Labute approximate surface area is 108 Å². The molecule has 18 heavy (non-hydrogen) atoms. The zero-order valence-corrected chi connectivity index (χ0v) is 11.1. The summed E-state index contributed by atoms with van der Waals surface area (Å²) in [5.74, 6) is -0.438. The summed E-state index contributed by atoms with van der Waals surface area (Å²) in [7, 11) is 0. The van der Waals surface area contributed by atoms with E-state index in [-0.39, 0.29) is 12.2 Å². The third-order valence-electron chi connectivity index (χ3n) is 3.52. The Morgan fingerprint density at radius 3 is 2.39 bits per heavy atom. The molecule has 0 N–H and O–H groups in total. The molecule has 0 amide bonds. The molecule has 0 unspecified atom stereocenters. The molecule has 1 aliphatic carbocycles. The fourth-order valence-corrected chi connectivity index (χ4v) is 2.40. The molecule has 0 atom stereocenters. The van der Waals surface area contributed by atoms with Crippen LogP contribution in [-0.4, -0.2) is 66.9 Å². The van der Waals surface area contributed by atoms with Crippen LogP contribution in [0.2, 0.25) is 0 Å². The second-order valence-electron chi connectivity index (χ2n) is 5.06. The number of hydrogen-bond acceptors (Lipinski definition) is 5. The third kappa shape index (κ3) is 4.07. The first-order chi connectivity index (χ1) is 8.69. The first-order valence-corrected chi connectivity index (χ1v) is 6.82. The lowest BCUT2D eigenvalue weighted by atomic mass is 10.2. The monoisotopic (exact) mass is 254 g/mol. The average molecular weight is 254 g/mol. The van der Waals surface area contributed by atoms with Gasteiger partial charge in [-0.2, -0.15) is 0 Å². The van der Waals surface area contributed by atoms with E-state index in [0.29, 0.717) is 13.2 Å². The molecule has 0 aromatic rings. The lowest BCUT2D eigenvalue weighted by Crippen LogP contribution is -2.48. The van der Waals surface area contributed by atoms with E-state index >= 15 is 0 Å². The van der Waals surface area contributed by atoms with Gasteiger partial charge in [-0.3, -0.25) is 19.4 Å². The second-order valence-corrected chi connectivity index (χ2v) is 5.06. The molecule has 0 radical (unpaired) electrons. The Morgan fingerprint density at radius 1 is 1.17 bits per heavy atom. The Hall–Kier alpha value is -0.940. The molecule has 1 heterocycles. The highest BCUT2D eigenvalue weighted by Crippen LogP contribution is 2.27. The molecule has 1 saturated carbocycles. The van der Waals surface area contributed by atoms with Gasteiger partial charge in [0.2, 0.25) is 0 Å². The topological polar surface area (TPSA) is 49.9 Å². The fraction of sp³-hybridized carbons (Fsp3) is 0.846. The molecule has 2 rings (SSSR count). The van der Waals surface area contributed by atoms with Gasteiger partial charge in [-0.05, 0) is 19.8 Å². The van der Waals surface area contributed by atoms with E-state index in [1.54, 1.807) is 6.92 Å². The first-order valence-electron chi connectivity index (χ1n) is 6.82. The van der Waals surface area contributed by atoms with Crippen molar-refractivity contribution in [2.45, 2.75) is 32.2 Å². The summed E-state index contributed by atoms with van der Waals surface area (Å²) in [5.41, 5.74) is 0. The molecule has 2 aliphatic rings. The van der Waals surface area contributed by atoms with Crippen LogP contribution >= 0.6 is 0 Å². The molecule has 5 nitrogen and oxygen atoms in total. The van der Waals surface area contributed by atoms with Crippen molar-refractivity contribution < 1.29 is 14.3 Å². The van der Waals surface area contributed by atoms with Crippen LogP contribution in [0.15, 0.2) is 0 Å². The van der Waals surface area contributed by atoms with Crippen molar-refractivity contribution in [1.29, 1.82) is 0 Å². The van der Waals surface area contributed by atoms with Crippen molar-refractivity contribution in [3.63, 3.8) is 0 Å². The lowest BCUT2D eigenvalue weighted by Gasteiger charge is -2.34. The minimum Gasteiger partial charge on any atom is -0.466 e. The van der Waals surface area contributed by atoms with Gasteiger partial charge < -0.3 is 4.74 Å². The van der Waals surface area contributed by atoms with E-state index in [9.17, 15) is 9.59 Å². The maximum Gasteiger partial charge on any atom is 0.313 e. The van der Waals surface area contributed by atoms with Gasteiger partial charge in [-0.1, -0.05) is 0 Å². The van der Waals surface area contributed by atoms with Crippen molar-refractivity contribution in [2.75, 3.05) is 39.3 Å². The zero-order chi connectivity index (χ0) is 13.0. The van der Waals surface area contributed by atoms with Crippen molar-refractivity contribution in [2.24, 2.45) is 0 Å². The number of nitrogens with zero attached hydrogens (tertiary/aromatic N) is 2. The lowest BCUT2D eigenvalue weighted by molar-refractivity contribution is -0.145. The van der Waals surface area contributed by atoms with Crippen LogP contribution in [0.25, 0.3) is 0 Å². The third-order valence-corrected chi connectivity index (χ3v) is 3.52. The summed E-state index contributed by atoms with van der Waals surface area (Å²) in [5, 5.41) is 0. The molecule has 2 fully saturated rings. The number of Topliss-reactive ketones (excluding diaryl/α,β-unsaturated/α-hetero) is 1. The van der Waals surface area contributed by atoms with Gasteiger partial charge in [0.25, 0.3) is 0 Å². The van der Waals surface area contributed by atoms with E-state index < -0.39 is 5.97 Å². The highest BCUT2D eigenvalue weighted by molar-refractivity contribution is 5.96. The predicted molar refractivity (Wildman–Crippen MR) is 67.3 cm³/mol. The molecule has 1 aliphatic heterocycles. The van der Waals surface area contributed by atoms with Crippen molar-refractivity contribution in [1.82, 2.24) is 9.80 Å². The minimum atomic E-state index is -0.404. The van der Waals surface area contributed by atoms with Gasteiger partial charge in [-0.15, -0.1) is 0 Å². The number of ketones is 1. The maximum atomic E-state index is 11.7. The van der Waals surface area contributed by atoms with E-state index in [0.717, 1.165) is 32.2 Å². The number of hydrogen-bond donors (Lipinski definition) is 0. The Bertz CT molecular complexity index is 307. The number of carbonyl (C=O) groups excluding carboxylic acids is 2. The van der Waals surface area contributed by atoms with Gasteiger partial charge in [0.15, 0.2) is 5.78 Å². The zero-order valence-electron chi connectivity index (χ0n) is 11.1. The Morgan fingerprint density at radius 2 is 1.83 bits per heavy atom.